The third kappa shape index (κ3) is 4.63. The van der Waals surface area contributed by atoms with E-state index in [0.717, 1.165) is 48.1 Å². The molecule has 4 rings (SSSR count). The fourth-order valence-electron chi connectivity index (χ4n) is 3.81. The van der Waals surface area contributed by atoms with Crippen LogP contribution < -0.4 is 10.1 Å². The molecule has 0 amide bonds. The van der Waals surface area contributed by atoms with Gasteiger partial charge in [-0.2, -0.15) is 0 Å². The van der Waals surface area contributed by atoms with Crippen LogP contribution in [0.4, 0.5) is 0 Å². The van der Waals surface area contributed by atoms with Crippen LogP contribution in [-0.2, 0) is 12.8 Å². The number of rotatable bonds is 7. The van der Waals surface area contributed by atoms with Crippen molar-refractivity contribution in [2.45, 2.75) is 39.2 Å². The number of benzene rings is 2. The van der Waals surface area contributed by atoms with Gasteiger partial charge in [0.25, 0.3) is 0 Å². The van der Waals surface area contributed by atoms with Crippen LogP contribution in [0.2, 0.25) is 0 Å². The van der Waals surface area contributed by atoms with Gasteiger partial charge in [0.2, 0.25) is 5.89 Å². The zero-order valence-corrected chi connectivity index (χ0v) is 16.7. The molecule has 4 heteroatoms. The topological polar surface area (TPSA) is 47.3 Å². The third-order valence-electron chi connectivity index (χ3n) is 5.37. The van der Waals surface area contributed by atoms with Crippen LogP contribution in [0.5, 0.6) is 5.75 Å². The van der Waals surface area contributed by atoms with E-state index in [0.29, 0.717) is 18.5 Å². The van der Waals surface area contributed by atoms with Crippen LogP contribution in [-0.4, -0.2) is 24.2 Å². The van der Waals surface area contributed by atoms with Gasteiger partial charge >= 0.3 is 0 Å². The Hall–Kier alpha value is -2.59. The Morgan fingerprint density at radius 3 is 2.61 bits per heavy atom. The van der Waals surface area contributed by atoms with Crippen molar-refractivity contribution >= 4 is 0 Å². The minimum absolute atomic E-state index is 0.586. The van der Waals surface area contributed by atoms with Crippen molar-refractivity contribution in [2.24, 2.45) is 5.92 Å². The van der Waals surface area contributed by atoms with Crippen LogP contribution in [0.3, 0.4) is 0 Å². The Morgan fingerprint density at radius 2 is 1.89 bits per heavy atom. The number of nitrogens with zero attached hydrogens (tertiary/aromatic N) is 1. The van der Waals surface area contributed by atoms with Crippen molar-refractivity contribution in [2.75, 3.05) is 13.2 Å². The van der Waals surface area contributed by atoms with Gasteiger partial charge in [0.1, 0.15) is 11.5 Å². The van der Waals surface area contributed by atoms with Crippen molar-refractivity contribution in [3.63, 3.8) is 0 Å². The first-order valence-corrected chi connectivity index (χ1v) is 10.1. The largest absolute Gasteiger partial charge is 0.493 e. The molecule has 3 aromatic rings. The van der Waals surface area contributed by atoms with Gasteiger partial charge in [-0.1, -0.05) is 37.3 Å². The lowest BCUT2D eigenvalue weighted by molar-refractivity contribution is 0.320. The zero-order valence-electron chi connectivity index (χ0n) is 16.7. The minimum Gasteiger partial charge on any atom is -0.493 e. The van der Waals surface area contributed by atoms with Crippen LogP contribution in [0, 0.1) is 12.8 Å². The summed E-state index contributed by atoms with van der Waals surface area (Å²) in [6.07, 6.45) is 3.08. The van der Waals surface area contributed by atoms with Crippen molar-refractivity contribution < 1.29 is 9.15 Å². The van der Waals surface area contributed by atoms with E-state index in [-0.39, 0.29) is 0 Å². The Bertz CT molecular complexity index is 887. The SMILES string of the molecule is Cc1oc(-c2ccccc2)nc1CCOc1ccc(C[C@H]2C[C@@H](C)CN2)cc1. The highest BCUT2D eigenvalue weighted by atomic mass is 16.5. The summed E-state index contributed by atoms with van der Waals surface area (Å²) < 4.78 is 11.7. The highest BCUT2D eigenvalue weighted by Gasteiger charge is 2.20. The second kappa shape index (κ2) is 8.61. The van der Waals surface area contributed by atoms with Gasteiger partial charge in [0.05, 0.1) is 12.3 Å². The van der Waals surface area contributed by atoms with E-state index in [1.165, 1.54) is 12.0 Å². The van der Waals surface area contributed by atoms with Crippen molar-refractivity contribution in [1.29, 1.82) is 0 Å². The van der Waals surface area contributed by atoms with Crippen molar-refractivity contribution in [1.82, 2.24) is 10.3 Å². The summed E-state index contributed by atoms with van der Waals surface area (Å²) in [5.74, 6) is 3.22. The first kappa shape index (κ1) is 18.8. The summed E-state index contributed by atoms with van der Waals surface area (Å²) in [6, 6.07) is 19.1. The standard InChI is InChI=1S/C24H28N2O2/c1-17-14-21(25-16-17)15-19-8-10-22(11-9-19)27-13-12-23-18(2)28-24(26-23)20-6-4-3-5-7-20/h3-11,17,21,25H,12-16H2,1-2H3/t17-,21-/m1/s1. The minimum atomic E-state index is 0.586. The first-order chi connectivity index (χ1) is 13.7. The second-order valence-electron chi connectivity index (χ2n) is 7.78. The van der Waals surface area contributed by atoms with Crippen LogP contribution in [0.25, 0.3) is 11.5 Å². The molecule has 1 aromatic heterocycles. The maximum Gasteiger partial charge on any atom is 0.226 e. The summed E-state index contributed by atoms with van der Waals surface area (Å²) in [4.78, 5) is 4.64. The average Bonchev–Trinajstić information content (AvgIpc) is 3.29. The van der Waals surface area contributed by atoms with Crippen LogP contribution >= 0.6 is 0 Å². The summed E-state index contributed by atoms with van der Waals surface area (Å²) in [5.41, 5.74) is 3.32. The molecule has 0 saturated carbocycles. The van der Waals surface area contributed by atoms with Gasteiger partial charge in [0, 0.05) is 18.0 Å². The number of nitrogens with one attached hydrogen (secondary N) is 1. The number of aryl methyl sites for hydroxylation is 1. The van der Waals surface area contributed by atoms with Gasteiger partial charge in [-0.25, -0.2) is 4.98 Å². The fraction of sp³-hybridized carbons (Fsp3) is 0.375. The van der Waals surface area contributed by atoms with Gasteiger partial charge in [0.15, 0.2) is 0 Å². The highest BCUT2D eigenvalue weighted by molar-refractivity contribution is 5.53. The number of oxazole rings is 1. The van der Waals surface area contributed by atoms with Crippen molar-refractivity contribution in [3.05, 3.63) is 71.6 Å². The van der Waals surface area contributed by atoms with Crippen molar-refractivity contribution in [3.8, 4) is 17.2 Å². The first-order valence-electron chi connectivity index (χ1n) is 10.1. The normalized spacial score (nSPS) is 19.1. The summed E-state index contributed by atoms with van der Waals surface area (Å²) in [6.45, 7) is 5.99. The lowest BCUT2D eigenvalue weighted by Crippen LogP contribution is -2.23. The Morgan fingerprint density at radius 1 is 1.11 bits per heavy atom. The molecule has 0 aliphatic carbocycles. The molecule has 146 valence electrons. The van der Waals surface area contributed by atoms with E-state index < -0.39 is 0 Å². The number of hydrogen-bond donors (Lipinski definition) is 1. The maximum atomic E-state index is 5.92. The molecule has 0 unspecified atom stereocenters. The number of aromatic nitrogens is 1. The molecule has 0 spiro atoms. The molecule has 1 aliphatic heterocycles. The molecule has 1 aliphatic rings. The molecule has 0 bridgehead atoms. The van der Waals surface area contributed by atoms with Gasteiger partial charge in [-0.05, 0) is 62.1 Å². The third-order valence-corrected chi connectivity index (χ3v) is 5.37. The predicted octanol–water partition coefficient (Wildman–Crippen LogP) is 4.81. The Kier molecular flexibility index (Phi) is 5.77. The van der Waals surface area contributed by atoms with E-state index in [9.17, 15) is 0 Å². The maximum absolute atomic E-state index is 5.92. The van der Waals surface area contributed by atoms with Gasteiger partial charge in [-0.15, -0.1) is 0 Å². The molecule has 2 aromatic carbocycles. The van der Waals surface area contributed by atoms with Gasteiger partial charge < -0.3 is 14.5 Å². The summed E-state index contributed by atoms with van der Waals surface area (Å²) in [7, 11) is 0. The molecule has 1 saturated heterocycles. The number of ether oxygens (including phenoxy) is 1. The smallest absolute Gasteiger partial charge is 0.226 e. The molecule has 0 radical (unpaired) electrons. The monoisotopic (exact) mass is 376 g/mol. The summed E-state index contributed by atoms with van der Waals surface area (Å²) >= 11 is 0. The molecule has 1 N–H and O–H groups in total. The van der Waals surface area contributed by atoms with E-state index >= 15 is 0 Å². The summed E-state index contributed by atoms with van der Waals surface area (Å²) in [5, 5.41) is 3.59. The van der Waals surface area contributed by atoms with Crippen LogP contribution in [0.15, 0.2) is 59.0 Å². The van der Waals surface area contributed by atoms with Gasteiger partial charge in [-0.3, -0.25) is 0 Å². The van der Waals surface area contributed by atoms with Crippen LogP contribution in [0.1, 0.15) is 30.4 Å². The van der Waals surface area contributed by atoms with E-state index in [1.807, 2.05) is 37.3 Å². The molecule has 2 heterocycles. The average molecular weight is 377 g/mol. The Balaban J connectivity index is 1.29. The zero-order chi connectivity index (χ0) is 19.3. The molecule has 28 heavy (non-hydrogen) atoms. The predicted molar refractivity (Wildman–Crippen MR) is 112 cm³/mol. The van der Waals surface area contributed by atoms with E-state index in [4.69, 9.17) is 9.15 Å². The molecular weight excluding hydrogens is 348 g/mol. The number of hydrogen-bond acceptors (Lipinski definition) is 4. The molecular formula is C24H28N2O2. The van der Waals surface area contributed by atoms with E-state index in [2.05, 4.69) is 41.5 Å². The fourth-order valence-corrected chi connectivity index (χ4v) is 3.81. The van der Waals surface area contributed by atoms with E-state index in [1.54, 1.807) is 0 Å². The molecule has 4 nitrogen and oxygen atoms in total. The highest BCUT2D eigenvalue weighted by Crippen LogP contribution is 2.22. The lowest BCUT2D eigenvalue weighted by atomic mass is 10.0. The lowest BCUT2D eigenvalue weighted by Gasteiger charge is -2.11. The molecule has 1 fully saturated rings. The molecule has 2 atom stereocenters. The second-order valence-corrected chi connectivity index (χ2v) is 7.78. The quantitative estimate of drug-likeness (QED) is 0.643. The Labute approximate surface area is 167 Å².